The van der Waals surface area contributed by atoms with E-state index in [4.69, 9.17) is 4.74 Å². The molecule has 0 heterocycles. The lowest BCUT2D eigenvalue weighted by Crippen LogP contribution is -2.26. The van der Waals surface area contributed by atoms with Crippen LogP contribution in [0.15, 0.2) is 28.7 Å². The first-order chi connectivity index (χ1) is 7.46. The van der Waals surface area contributed by atoms with Crippen molar-refractivity contribution in [3.63, 3.8) is 0 Å². The molecule has 0 saturated carbocycles. The van der Waals surface area contributed by atoms with E-state index in [0.29, 0.717) is 5.56 Å². The molecular weight excluding hydrogens is 268 g/mol. The van der Waals surface area contributed by atoms with Crippen molar-refractivity contribution in [2.75, 3.05) is 6.61 Å². The Morgan fingerprint density at radius 3 is 2.56 bits per heavy atom. The van der Waals surface area contributed by atoms with Crippen LogP contribution in [0.3, 0.4) is 0 Å². The van der Waals surface area contributed by atoms with E-state index in [1.165, 1.54) is 0 Å². The highest BCUT2D eigenvalue weighted by atomic mass is 79.9. The van der Waals surface area contributed by atoms with Gasteiger partial charge in [0.15, 0.2) is 5.78 Å². The Kier molecular flexibility index (Phi) is 4.69. The Labute approximate surface area is 105 Å². The van der Waals surface area contributed by atoms with Gasteiger partial charge in [0.2, 0.25) is 0 Å². The van der Waals surface area contributed by atoms with Crippen LogP contribution >= 0.6 is 15.9 Å². The number of carbonyl (C=O) groups is 1. The second-order valence-corrected chi connectivity index (χ2v) is 5.16. The molecule has 0 bridgehead atoms. The summed E-state index contributed by atoms with van der Waals surface area (Å²) < 4.78 is 6.40. The molecule has 0 aliphatic carbocycles. The molecule has 0 fully saturated rings. The van der Waals surface area contributed by atoms with E-state index in [1.807, 2.05) is 39.0 Å². The van der Waals surface area contributed by atoms with Crippen molar-refractivity contribution in [3.8, 4) is 0 Å². The van der Waals surface area contributed by atoms with E-state index in [2.05, 4.69) is 15.9 Å². The largest absolute Gasteiger partial charge is 0.367 e. The first-order valence-corrected chi connectivity index (χ1v) is 6.17. The number of hydrogen-bond acceptors (Lipinski definition) is 2. The van der Waals surface area contributed by atoms with Gasteiger partial charge in [0, 0.05) is 10.0 Å². The molecule has 0 radical (unpaired) electrons. The highest BCUT2D eigenvalue weighted by Crippen LogP contribution is 2.18. The topological polar surface area (TPSA) is 26.3 Å². The lowest BCUT2D eigenvalue weighted by atomic mass is 10.1. The van der Waals surface area contributed by atoms with Gasteiger partial charge >= 0.3 is 0 Å². The van der Waals surface area contributed by atoms with Crippen LogP contribution in [0.5, 0.6) is 0 Å². The van der Waals surface area contributed by atoms with Crippen molar-refractivity contribution in [1.82, 2.24) is 0 Å². The van der Waals surface area contributed by atoms with Gasteiger partial charge < -0.3 is 4.74 Å². The highest BCUT2D eigenvalue weighted by molar-refractivity contribution is 9.10. The summed E-state index contributed by atoms with van der Waals surface area (Å²) in [4.78, 5) is 11.9. The third kappa shape index (κ3) is 3.72. The molecule has 88 valence electrons. The normalized spacial score (nSPS) is 11.5. The second kappa shape index (κ2) is 5.60. The highest BCUT2D eigenvalue weighted by Gasteiger charge is 2.18. The summed E-state index contributed by atoms with van der Waals surface area (Å²) in [5.41, 5.74) is 0.436. The van der Waals surface area contributed by atoms with Crippen molar-refractivity contribution >= 4 is 21.7 Å². The van der Waals surface area contributed by atoms with Gasteiger partial charge in [0.05, 0.1) is 5.60 Å². The van der Waals surface area contributed by atoms with E-state index in [1.54, 1.807) is 6.07 Å². The van der Waals surface area contributed by atoms with Gasteiger partial charge in [-0.05, 0) is 26.3 Å². The number of Topliss-reactive ketones (excluding diaryl/α,β-unsaturated/α-hetero) is 1. The molecule has 0 amide bonds. The molecule has 0 unspecified atom stereocenters. The van der Waals surface area contributed by atoms with Crippen molar-refractivity contribution in [2.45, 2.75) is 32.8 Å². The molecule has 0 saturated heterocycles. The minimum atomic E-state index is -0.239. The van der Waals surface area contributed by atoms with Crippen LogP contribution < -0.4 is 0 Å². The zero-order valence-electron chi connectivity index (χ0n) is 9.92. The average molecular weight is 285 g/mol. The Bertz CT molecular complexity index is 372. The first-order valence-electron chi connectivity index (χ1n) is 5.38. The van der Waals surface area contributed by atoms with Crippen LogP contribution in [0.2, 0.25) is 0 Å². The first kappa shape index (κ1) is 13.4. The fraction of sp³-hybridized carbons (Fsp3) is 0.462. The van der Waals surface area contributed by atoms with Crippen molar-refractivity contribution in [2.24, 2.45) is 0 Å². The molecule has 0 aromatic heterocycles. The molecule has 0 N–H and O–H groups in total. The maximum atomic E-state index is 11.9. The monoisotopic (exact) mass is 284 g/mol. The Hall–Kier alpha value is -0.670. The number of carbonyl (C=O) groups excluding carboxylic acids is 1. The van der Waals surface area contributed by atoms with Crippen LogP contribution in [0.1, 0.15) is 37.6 Å². The van der Waals surface area contributed by atoms with Crippen LogP contribution in [0, 0.1) is 0 Å². The maximum absolute atomic E-state index is 11.9. The van der Waals surface area contributed by atoms with Gasteiger partial charge in [-0.1, -0.05) is 41.1 Å². The molecule has 0 spiro atoms. The van der Waals surface area contributed by atoms with Gasteiger partial charge in [-0.25, -0.2) is 0 Å². The van der Waals surface area contributed by atoms with Gasteiger partial charge in [-0.2, -0.15) is 0 Å². The quantitative estimate of drug-likeness (QED) is 0.768. The van der Waals surface area contributed by atoms with Crippen molar-refractivity contribution in [3.05, 3.63) is 34.3 Å². The molecule has 2 nitrogen and oxygen atoms in total. The van der Waals surface area contributed by atoms with Gasteiger partial charge in [-0.3, -0.25) is 4.79 Å². The molecule has 1 aromatic rings. The summed E-state index contributed by atoms with van der Waals surface area (Å²) in [6.45, 7) is 6.15. The molecule has 0 aliphatic heterocycles. The lowest BCUT2D eigenvalue weighted by molar-refractivity contribution is -0.0122. The number of halogens is 1. The maximum Gasteiger partial charge on any atom is 0.189 e. The molecule has 16 heavy (non-hydrogen) atoms. The van der Waals surface area contributed by atoms with Crippen LogP contribution in [0.4, 0.5) is 0 Å². The van der Waals surface area contributed by atoms with Gasteiger partial charge in [0.25, 0.3) is 0 Å². The Morgan fingerprint density at radius 2 is 2.00 bits per heavy atom. The zero-order valence-corrected chi connectivity index (χ0v) is 11.5. The predicted molar refractivity (Wildman–Crippen MR) is 68.8 cm³/mol. The molecule has 3 heteroatoms. The standard InChI is InChI=1S/C13H17BrO2/c1-4-13(2,3)16-9-12(15)10-7-5-6-8-11(10)14/h5-8H,4,9H2,1-3H3. The molecule has 0 aliphatic rings. The van der Waals surface area contributed by atoms with Gasteiger partial charge in [0.1, 0.15) is 6.61 Å². The summed E-state index contributed by atoms with van der Waals surface area (Å²) in [5, 5.41) is 0. The molecule has 1 aromatic carbocycles. The van der Waals surface area contributed by atoms with E-state index >= 15 is 0 Å². The third-order valence-corrected chi connectivity index (χ3v) is 3.31. The number of hydrogen-bond donors (Lipinski definition) is 0. The Morgan fingerprint density at radius 1 is 1.38 bits per heavy atom. The second-order valence-electron chi connectivity index (χ2n) is 4.30. The van der Waals surface area contributed by atoms with E-state index in [9.17, 15) is 4.79 Å². The smallest absolute Gasteiger partial charge is 0.189 e. The predicted octanol–water partition coefficient (Wildman–Crippen LogP) is 3.84. The van der Waals surface area contributed by atoms with Crippen LogP contribution in [-0.4, -0.2) is 18.0 Å². The lowest BCUT2D eigenvalue weighted by Gasteiger charge is -2.22. The van der Waals surface area contributed by atoms with E-state index < -0.39 is 0 Å². The molecule has 0 atom stereocenters. The summed E-state index contributed by atoms with van der Waals surface area (Å²) in [5.74, 6) is 0.00833. The number of benzene rings is 1. The SMILES string of the molecule is CCC(C)(C)OCC(=O)c1ccccc1Br. The average Bonchev–Trinajstić information content (AvgIpc) is 2.27. The fourth-order valence-corrected chi connectivity index (χ4v) is 1.63. The fourth-order valence-electron chi connectivity index (χ4n) is 1.13. The zero-order chi connectivity index (χ0) is 12.2. The van der Waals surface area contributed by atoms with E-state index in [0.717, 1.165) is 10.9 Å². The Balaban J connectivity index is 2.64. The number of rotatable bonds is 5. The summed E-state index contributed by atoms with van der Waals surface area (Å²) in [6.07, 6.45) is 0.885. The number of ether oxygens (including phenoxy) is 1. The summed E-state index contributed by atoms with van der Waals surface area (Å²) in [6, 6.07) is 7.40. The molecular formula is C13H17BrO2. The van der Waals surface area contributed by atoms with Crippen molar-refractivity contribution < 1.29 is 9.53 Å². The molecule has 1 rings (SSSR count). The van der Waals surface area contributed by atoms with E-state index in [-0.39, 0.29) is 18.0 Å². The van der Waals surface area contributed by atoms with Crippen molar-refractivity contribution in [1.29, 1.82) is 0 Å². The van der Waals surface area contributed by atoms with Crippen LogP contribution in [0.25, 0.3) is 0 Å². The summed E-state index contributed by atoms with van der Waals surface area (Å²) in [7, 11) is 0. The minimum Gasteiger partial charge on any atom is -0.367 e. The third-order valence-electron chi connectivity index (χ3n) is 2.62. The summed E-state index contributed by atoms with van der Waals surface area (Å²) >= 11 is 3.36. The van der Waals surface area contributed by atoms with Crippen LogP contribution in [-0.2, 0) is 4.74 Å². The van der Waals surface area contributed by atoms with Gasteiger partial charge in [-0.15, -0.1) is 0 Å². The number of ketones is 1. The minimum absolute atomic E-state index is 0.00833.